The summed E-state index contributed by atoms with van der Waals surface area (Å²) in [4.78, 5) is 7.83. The summed E-state index contributed by atoms with van der Waals surface area (Å²) in [6, 6.07) is 3.51. The van der Waals surface area contributed by atoms with Crippen molar-refractivity contribution in [2.45, 2.75) is 6.04 Å². The van der Waals surface area contributed by atoms with E-state index in [-0.39, 0.29) is 11.9 Å². The molecule has 10 heteroatoms. The number of aromatic nitrogens is 3. The van der Waals surface area contributed by atoms with E-state index in [0.29, 0.717) is 35.4 Å². The van der Waals surface area contributed by atoms with E-state index in [4.69, 9.17) is 18.9 Å². The van der Waals surface area contributed by atoms with E-state index in [1.165, 1.54) is 22.2 Å². The number of hydrogen-bond acceptors (Lipinski definition) is 9. The van der Waals surface area contributed by atoms with Crippen molar-refractivity contribution in [2.24, 2.45) is 0 Å². The minimum absolute atomic E-state index is 0.0748. The molecule has 0 saturated carbocycles. The lowest BCUT2D eigenvalue weighted by atomic mass is 10.0. The lowest BCUT2D eigenvalue weighted by Crippen LogP contribution is -2.39. The first-order valence-electron chi connectivity index (χ1n) is 8.81. The monoisotopic (exact) mass is 406 g/mol. The fourth-order valence-electron chi connectivity index (χ4n) is 3.55. The molecule has 2 aromatic heterocycles. The predicted molar refractivity (Wildman–Crippen MR) is 103 cm³/mol. The number of ether oxygens (including phenoxy) is 4. The van der Waals surface area contributed by atoms with Gasteiger partial charge < -0.3 is 24.1 Å². The van der Waals surface area contributed by atoms with Gasteiger partial charge in [0.25, 0.3) is 0 Å². The second-order valence-corrected chi connectivity index (χ2v) is 7.23. The zero-order chi connectivity index (χ0) is 19.7. The molecule has 1 aliphatic heterocycles. The highest BCUT2D eigenvalue weighted by Gasteiger charge is 2.34. The van der Waals surface area contributed by atoms with Gasteiger partial charge in [0.1, 0.15) is 6.33 Å². The normalized spacial score (nSPS) is 16.2. The minimum atomic E-state index is -0.271. The number of aromatic hydroxyl groups is 1. The van der Waals surface area contributed by atoms with Crippen LogP contribution in [0.4, 0.5) is 0 Å². The van der Waals surface area contributed by atoms with E-state index in [1.54, 1.807) is 21.3 Å². The first-order valence-corrected chi connectivity index (χ1v) is 9.63. The van der Waals surface area contributed by atoms with Crippen molar-refractivity contribution in [3.8, 4) is 23.1 Å². The second kappa shape index (κ2) is 7.82. The Morgan fingerprint density at radius 2 is 1.86 bits per heavy atom. The molecule has 0 amide bonds. The Hall–Kier alpha value is -2.56. The zero-order valence-corrected chi connectivity index (χ0v) is 16.7. The van der Waals surface area contributed by atoms with Crippen molar-refractivity contribution >= 4 is 16.3 Å². The third-order valence-electron chi connectivity index (χ3n) is 4.83. The first kappa shape index (κ1) is 18.8. The van der Waals surface area contributed by atoms with Crippen LogP contribution in [0.15, 0.2) is 18.5 Å². The molecule has 4 rings (SSSR count). The lowest BCUT2D eigenvalue weighted by Gasteiger charge is -2.35. The second-order valence-electron chi connectivity index (χ2n) is 6.22. The molecule has 28 heavy (non-hydrogen) atoms. The molecule has 9 nitrogen and oxygen atoms in total. The molecule has 1 atom stereocenters. The van der Waals surface area contributed by atoms with E-state index >= 15 is 0 Å². The molecular weight excluding hydrogens is 384 g/mol. The van der Waals surface area contributed by atoms with Crippen molar-refractivity contribution in [1.29, 1.82) is 0 Å². The standard InChI is InChI=1S/C18H22N4O5S/c1-24-12-5-4-11(14(25-2)15(12)26-3)13(21-6-8-27-9-7-21)16-17(23)22-18(28-16)19-10-20-22/h4-5,10,13,23H,6-9H2,1-3H3. The largest absolute Gasteiger partial charge is 0.493 e. The van der Waals surface area contributed by atoms with Gasteiger partial charge in [0.15, 0.2) is 11.5 Å². The molecule has 1 N–H and O–H groups in total. The number of benzene rings is 1. The van der Waals surface area contributed by atoms with Crippen molar-refractivity contribution in [2.75, 3.05) is 47.6 Å². The summed E-state index contributed by atoms with van der Waals surface area (Å²) in [6.07, 6.45) is 1.43. The molecule has 1 fully saturated rings. The third kappa shape index (κ3) is 3.03. The van der Waals surface area contributed by atoms with E-state index in [0.717, 1.165) is 23.5 Å². The van der Waals surface area contributed by atoms with Gasteiger partial charge in [-0.2, -0.15) is 9.61 Å². The zero-order valence-electron chi connectivity index (χ0n) is 15.9. The maximum Gasteiger partial charge on any atom is 0.230 e. The summed E-state index contributed by atoms with van der Waals surface area (Å²) in [5, 5.41) is 15.0. The molecule has 3 heterocycles. The maximum absolute atomic E-state index is 10.8. The van der Waals surface area contributed by atoms with E-state index in [2.05, 4.69) is 15.0 Å². The van der Waals surface area contributed by atoms with Crippen LogP contribution >= 0.6 is 11.3 Å². The minimum Gasteiger partial charge on any atom is -0.493 e. The maximum atomic E-state index is 10.8. The van der Waals surface area contributed by atoms with Crippen LogP contribution in [-0.2, 0) is 4.74 Å². The van der Waals surface area contributed by atoms with Gasteiger partial charge in [-0.3, -0.25) is 4.90 Å². The van der Waals surface area contributed by atoms with Crippen molar-refractivity contribution in [3.63, 3.8) is 0 Å². The van der Waals surface area contributed by atoms with Gasteiger partial charge in [-0.1, -0.05) is 11.3 Å². The van der Waals surface area contributed by atoms with E-state index in [9.17, 15) is 5.11 Å². The highest BCUT2D eigenvalue weighted by atomic mass is 32.1. The molecule has 1 saturated heterocycles. The Morgan fingerprint density at radius 3 is 2.50 bits per heavy atom. The summed E-state index contributed by atoms with van der Waals surface area (Å²) in [5.41, 5.74) is 0.863. The first-order chi connectivity index (χ1) is 13.7. The summed E-state index contributed by atoms with van der Waals surface area (Å²) in [5.74, 6) is 1.73. The van der Waals surface area contributed by atoms with Crippen LogP contribution in [0.5, 0.6) is 23.1 Å². The van der Waals surface area contributed by atoms with Crippen molar-refractivity contribution < 1.29 is 24.1 Å². The molecule has 150 valence electrons. The molecule has 0 bridgehead atoms. The summed E-state index contributed by atoms with van der Waals surface area (Å²) in [6.45, 7) is 2.67. The van der Waals surface area contributed by atoms with Crippen LogP contribution in [0, 0.1) is 0 Å². The van der Waals surface area contributed by atoms with Crippen LogP contribution < -0.4 is 14.2 Å². The number of thiazole rings is 1. The fourth-order valence-corrected chi connectivity index (χ4v) is 4.63. The van der Waals surface area contributed by atoms with Crippen LogP contribution in [0.25, 0.3) is 4.96 Å². The van der Waals surface area contributed by atoms with Crippen LogP contribution in [0.1, 0.15) is 16.5 Å². The van der Waals surface area contributed by atoms with Gasteiger partial charge in [-0.15, -0.1) is 0 Å². The fraction of sp³-hybridized carbons (Fsp3) is 0.444. The highest BCUT2D eigenvalue weighted by molar-refractivity contribution is 7.17. The van der Waals surface area contributed by atoms with E-state index < -0.39 is 0 Å². The van der Waals surface area contributed by atoms with Gasteiger partial charge in [-0.05, 0) is 12.1 Å². The SMILES string of the molecule is COc1ccc(C(c2sc3ncnn3c2O)N2CCOCC2)c(OC)c1OC. The Balaban J connectivity index is 1.91. The quantitative estimate of drug-likeness (QED) is 0.664. The Kier molecular flexibility index (Phi) is 5.25. The molecule has 1 aliphatic rings. The Bertz CT molecular complexity index is 966. The van der Waals surface area contributed by atoms with Gasteiger partial charge in [0.2, 0.25) is 16.6 Å². The van der Waals surface area contributed by atoms with Gasteiger partial charge in [0, 0.05) is 18.7 Å². The number of morpholine rings is 1. The van der Waals surface area contributed by atoms with E-state index in [1.807, 2.05) is 12.1 Å². The number of methoxy groups -OCH3 is 3. The number of nitrogens with zero attached hydrogens (tertiary/aromatic N) is 4. The number of rotatable bonds is 6. The van der Waals surface area contributed by atoms with Crippen molar-refractivity contribution in [1.82, 2.24) is 19.5 Å². The summed E-state index contributed by atoms with van der Waals surface area (Å²) >= 11 is 1.40. The van der Waals surface area contributed by atoms with Crippen LogP contribution in [0.3, 0.4) is 0 Å². The number of hydrogen-bond donors (Lipinski definition) is 1. The molecule has 0 spiro atoms. The summed E-state index contributed by atoms with van der Waals surface area (Å²) in [7, 11) is 4.76. The Morgan fingerprint density at radius 1 is 1.11 bits per heavy atom. The number of fused-ring (bicyclic) bond motifs is 1. The molecule has 1 unspecified atom stereocenters. The average molecular weight is 406 g/mol. The topological polar surface area (TPSA) is 90.6 Å². The molecule has 3 aromatic rings. The van der Waals surface area contributed by atoms with Gasteiger partial charge in [0.05, 0.1) is 45.5 Å². The summed E-state index contributed by atoms with van der Waals surface area (Å²) < 4.78 is 23.7. The molecule has 0 radical (unpaired) electrons. The predicted octanol–water partition coefficient (Wildman–Crippen LogP) is 1.94. The van der Waals surface area contributed by atoms with Gasteiger partial charge >= 0.3 is 0 Å². The van der Waals surface area contributed by atoms with Crippen LogP contribution in [-0.4, -0.2) is 72.2 Å². The Labute approximate surface area is 166 Å². The van der Waals surface area contributed by atoms with Gasteiger partial charge in [-0.25, -0.2) is 4.98 Å². The molecular formula is C18H22N4O5S. The third-order valence-corrected chi connectivity index (χ3v) is 5.91. The van der Waals surface area contributed by atoms with Crippen LogP contribution in [0.2, 0.25) is 0 Å². The highest BCUT2D eigenvalue weighted by Crippen LogP contribution is 2.48. The molecule has 1 aromatic carbocycles. The lowest BCUT2D eigenvalue weighted by molar-refractivity contribution is 0.0236. The molecule has 0 aliphatic carbocycles. The van der Waals surface area contributed by atoms with Crippen molar-refractivity contribution in [3.05, 3.63) is 28.9 Å². The average Bonchev–Trinajstić information content (AvgIpc) is 3.32. The smallest absolute Gasteiger partial charge is 0.230 e.